The van der Waals surface area contributed by atoms with Gasteiger partial charge in [0.1, 0.15) is 12.2 Å². The van der Waals surface area contributed by atoms with Gasteiger partial charge in [-0.1, -0.05) is 48.5 Å². The van der Waals surface area contributed by atoms with E-state index in [-0.39, 0.29) is 18.8 Å². The zero-order chi connectivity index (χ0) is 22.4. The lowest BCUT2D eigenvalue weighted by atomic mass is 9.99. The number of rotatable bonds is 4. The molecule has 3 rings (SSSR count). The maximum Gasteiger partial charge on any atom is 0.414 e. The minimum absolute atomic E-state index is 0.277. The lowest BCUT2D eigenvalue weighted by molar-refractivity contribution is 0.0589. The molecule has 6 nitrogen and oxygen atoms in total. The molecular formula is C25H30N2O4. The van der Waals surface area contributed by atoms with Gasteiger partial charge in [0.2, 0.25) is 0 Å². The Labute approximate surface area is 184 Å². The van der Waals surface area contributed by atoms with Gasteiger partial charge in [0.25, 0.3) is 0 Å². The summed E-state index contributed by atoms with van der Waals surface area (Å²) in [6.45, 7) is 6.94. The summed E-state index contributed by atoms with van der Waals surface area (Å²) >= 11 is 0. The molecule has 2 aromatic carbocycles. The molecule has 164 valence electrons. The lowest BCUT2D eigenvalue weighted by Gasteiger charge is -2.26. The topological polar surface area (TPSA) is 59.1 Å². The fourth-order valence-corrected chi connectivity index (χ4v) is 3.24. The molecule has 2 amide bonds. The van der Waals surface area contributed by atoms with E-state index in [1.807, 2.05) is 75.4 Å². The van der Waals surface area contributed by atoms with Crippen molar-refractivity contribution in [3.63, 3.8) is 0 Å². The summed E-state index contributed by atoms with van der Waals surface area (Å²) in [6, 6.07) is 17.4. The maximum absolute atomic E-state index is 12.3. The van der Waals surface area contributed by atoms with Crippen molar-refractivity contribution >= 4 is 23.4 Å². The number of benzene rings is 2. The molecule has 0 N–H and O–H groups in total. The normalized spacial score (nSPS) is 13.9. The largest absolute Gasteiger partial charge is 0.445 e. The van der Waals surface area contributed by atoms with Crippen LogP contribution in [0.2, 0.25) is 0 Å². The third kappa shape index (κ3) is 6.35. The van der Waals surface area contributed by atoms with E-state index >= 15 is 0 Å². The third-order valence-electron chi connectivity index (χ3n) is 4.97. The molecule has 0 spiro atoms. The average molecular weight is 423 g/mol. The number of amides is 2. The second kappa shape index (κ2) is 9.69. The number of hydrogen-bond acceptors (Lipinski definition) is 4. The van der Waals surface area contributed by atoms with Crippen LogP contribution in [-0.2, 0) is 16.1 Å². The molecule has 0 saturated carbocycles. The Morgan fingerprint density at radius 3 is 2.29 bits per heavy atom. The summed E-state index contributed by atoms with van der Waals surface area (Å²) in [4.78, 5) is 27.8. The summed E-state index contributed by atoms with van der Waals surface area (Å²) in [5.41, 5.74) is 3.46. The van der Waals surface area contributed by atoms with E-state index in [1.54, 1.807) is 11.9 Å². The molecular weight excluding hydrogens is 392 g/mol. The minimum atomic E-state index is -0.535. The van der Waals surface area contributed by atoms with E-state index in [1.165, 1.54) is 10.5 Å². The van der Waals surface area contributed by atoms with Gasteiger partial charge in [0.15, 0.2) is 0 Å². The number of hydrogen-bond donors (Lipinski definition) is 0. The first-order chi connectivity index (χ1) is 14.7. The number of carbonyl (C=O) groups is 2. The van der Waals surface area contributed by atoms with Gasteiger partial charge in [0, 0.05) is 25.8 Å². The van der Waals surface area contributed by atoms with Crippen molar-refractivity contribution in [3.05, 3.63) is 71.8 Å². The average Bonchev–Trinajstić information content (AvgIpc) is 2.77. The molecule has 0 atom stereocenters. The van der Waals surface area contributed by atoms with Crippen molar-refractivity contribution in [2.45, 2.75) is 39.4 Å². The van der Waals surface area contributed by atoms with Crippen LogP contribution in [0.4, 0.5) is 15.3 Å². The van der Waals surface area contributed by atoms with E-state index in [2.05, 4.69) is 6.08 Å². The zero-order valence-corrected chi connectivity index (χ0v) is 18.6. The number of nitrogens with zero attached hydrogens (tertiary/aromatic N) is 2. The maximum atomic E-state index is 12.3. The van der Waals surface area contributed by atoms with Gasteiger partial charge in [0.05, 0.1) is 0 Å². The second-order valence-corrected chi connectivity index (χ2v) is 8.55. The Bertz CT molecular complexity index is 930. The minimum Gasteiger partial charge on any atom is -0.445 e. The predicted octanol–water partition coefficient (Wildman–Crippen LogP) is 5.48. The van der Waals surface area contributed by atoms with Crippen molar-refractivity contribution in [1.29, 1.82) is 0 Å². The van der Waals surface area contributed by atoms with Gasteiger partial charge in [-0.2, -0.15) is 0 Å². The van der Waals surface area contributed by atoms with Gasteiger partial charge < -0.3 is 14.4 Å². The Morgan fingerprint density at radius 1 is 1.03 bits per heavy atom. The third-order valence-corrected chi connectivity index (χ3v) is 4.97. The molecule has 1 heterocycles. The standard InChI is InChI=1S/C25H30N2O4/c1-25(2,3)31-23(28)26(4)22-12-10-20(11-13-22)21-14-16-27(17-15-21)24(29)30-18-19-8-6-5-7-9-19/h5-14H,15-18H2,1-4H3. The summed E-state index contributed by atoms with van der Waals surface area (Å²) in [6.07, 6.45) is 2.12. The van der Waals surface area contributed by atoms with Gasteiger partial charge in [-0.3, -0.25) is 4.90 Å². The zero-order valence-electron chi connectivity index (χ0n) is 18.6. The molecule has 0 fully saturated rings. The first-order valence-corrected chi connectivity index (χ1v) is 10.4. The Morgan fingerprint density at radius 2 is 1.71 bits per heavy atom. The SMILES string of the molecule is CN(C(=O)OC(C)(C)C)c1ccc(C2=CCN(C(=O)OCc3ccccc3)CC2)cc1. The second-order valence-electron chi connectivity index (χ2n) is 8.55. The van der Waals surface area contributed by atoms with Crippen LogP contribution in [0.25, 0.3) is 5.57 Å². The van der Waals surface area contributed by atoms with Crippen molar-refractivity contribution in [1.82, 2.24) is 4.90 Å². The van der Waals surface area contributed by atoms with Crippen LogP contribution in [0.5, 0.6) is 0 Å². The van der Waals surface area contributed by atoms with Crippen LogP contribution in [-0.4, -0.2) is 42.8 Å². The number of ether oxygens (including phenoxy) is 2. The van der Waals surface area contributed by atoms with Crippen LogP contribution in [0.3, 0.4) is 0 Å². The van der Waals surface area contributed by atoms with Gasteiger partial charge in [-0.15, -0.1) is 0 Å². The van der Waals surface area contributed by atoms with Gasteiger partial charge >= 0.3 is 12.2 Å². The lowest BCUT2D eigenvalue weighted by Crippen LogP contribution is -2.35. The quantitative estimate of drug-likeness (QED) is 0.654. The molecule has 1 aliphatic heterocycles. The molecule has 2 aromatic rings. The number of carbonyl (C=O) groups excluding carboxylic acids is 2. The summed E-state index contributed by atoms with van der Waals surface area (Å²) in [7, 11) is 1.70. The van der Waals surface area contributed by atoms with Crippen LogP contribution < -0.4 is 4.90 Å². The fraction of sp³-hybridized carbons (Fsp3) is 0.360. The first kappa shape index (κ1) is 22.4. The Balaban J connectivity index is 1.55. The highest BCUT2D eigenvalue weighted by Crippen LogP contribution is 2.25. The van der Waals surface area contributed by atoms with E-state index in [0.29, 0.717) is 13.1 Å². The van der Waals surface area contributed by atoms with Gasteiger partial charge in [-0.05, 0) is 56.0 Å². The molecule has 0 aliphatic carbocycles. The monoisotopic (exact) mass is 422 g/mol. The highest BCUT2D eigenvalue weighted by atomic mass is 16.6. The van der Waals surface area contributed by atoms with E-state index < -0.39 is 5.60 Å². The summed E-state index contributed by atoms with van der Waals surface area (Å²) in [5, 5.41) is 0. The summed E-state index contributed by atoms with van der Waals surface area (Å²) < 4.78 is 10.8. The van der Waals surface area contributed by atoms with E-state index in [4.69, 9.17) is 9.47 Å². The smallest absolute Gasteiger partial charge is 0.414 e. The molecule has 0 radical (unpaired) electrons. The van der Waals surface area contributed by atoms with Crippen LogP contribution >= 0.6 is 0 Å². The Kier molecular flexibility index (Phi) is 7.00. The van der Waals surface area contributed by atoms with Crippen molar-refractivity contribution < 1.29 is 19.1 Å². The van der Waals surface area contributed by atoms with Crippen LogP contribution in [0, 0.1) is 0 Å². The molecule has 0 saturated heterocycles. The van der Waals surface area contributed by atoms with Crippen molar-refractivity contribution in [2.24, 2.45) is 0 Å². The molecule has 0 bridgehead atoms. The molecule has 0 unspecified atom stereocenters. The molecule has 31 heavy (non-hydrogen) atoms. The highest BCUT2D eigenvalue weighted by molar-refractivity contribution is 5.87. The molecule has 1 aliphatic rings. The highest BCUT2D eigenvalue weighted by Gasteiger charge is 2.22. The number of anilines is 1. The van der Waals surface area contributed by atoms with E-state index in [9.17, 15) is 9.59 Å². The molecule has 6 heteroatoms. The Hall–Kier alpha value is -3.28. The van der Waals surface area contributed by atoms with Gasteiger partial charge in [-0.25, -0.2) is 9.59 Å². The first-order valence-electron chi connectivity index (χ1n) is 10.4. The summed E-state index contributed by atoms with van der Waals surface area (Å²) in [5.74, 6) is 0. The fourth-order valence-electron chi connectivity index (χ4n) is 3.24. The van der Waals surface area contributed by atoms with E-state index in [0.717, 1.165) is 23.2 Å². The van der Waals surface area contributed by atoms with Crippen molar-refractivity contribution in [2.75, 3.05) is 25.0 Å². The van der Waals surface area contributed by atoms with Crippen LogP contribution in [0.1, 0.15) is 38.3 Å². The molecule has 0 aromatic heterocycles. The van der Waals surface area contributed by atoms with Crippen molar-refractivity contribution in [3.8, 4) is 0 Å². The predicted molar refractivity (Wildman–Crippen MR) is 122 cm³/mol. The van der Waals surface area contributed by atoms with Crippen LogP contribution in [0.15, 0.2) is 60.7 Å².